The standard InChI is InChI=1S/C11H10I2N4O.ClH/c12-7-2-5(3-8(13)9(7)18)1-6-4-16-11(15)17-10(6)14;/h2-4,18H,1H2,(H4,14,15,16,17);1H. The highest BCUT2D eigenvalue weighted by atomic mass is 127. The lowest BCUT2D eigenvalue weighted by Crippen LogP contribution is -2.04. The Kier molecular flexibility index (Phi) is 5.86. The van der Waals surface area contributed by atoms with Crippen LogP contribution >= 0.6 is 57.6 Å². The number of phenolic OH excluding ortho intramolecular Hbond substituents is 1. The van der Waals surface area contributed by atoms with E-state index in [-0.39, 0.29) is 18.4 Å². The fourth-order valence-electron chi connectivity index (χ4n) is 1.51. The number of anilines is 2. The molecular weight excluding hydrogens is 493 g/mol. The van der Waals surface area contributed by atoms with E-state index in [2.05, 4.69) is 55.1 Å². The first-order valence-electron chi connectivity index (χ1n) is 5.01. The van der Waals surface area contributed by atoms with Gasteiger partial charge in [0.2, 0.25) is 5.95 Å². The highest BCUT2D eigenvalue weighted by Gasteiger charge is 2.09. The van der Waals surface area contributed by atoms with E-state index >= 15 is 0 Å². The van der Waals surface area contributed by atoms with Crippen molar-refractivity contribution >= 4 is 69.4 Å². The summed E-state index contributed by atoms with van der Waals surface area (Å²) in [6.45, 7) is 0. The summed E-state index contributed by atoms with van der Waals surface area (Å²) in [5.74, 6) is 0.869. The minimum atomic E-state index is 0. The van der Waals surface area contributed by atoms with Crippen LogP contribution in [0.5, 0.6) is 5.75 Å². The molecule has 0 saturated heterocycles. The van der Waals surface area contributed by atoms with Crippen LogP contribution in [0, 0.1) is 7.14 Å². The Bertz CT molecular complexity index is 586. The fraction of sp³-hybridized carbons (Fsp3) is 0.0909. The zero-order chi connectivity index (χ0) is 13.3. The van der Waals surface area contributed by atoms with Gasteiger partial charge in [-0.1, -0.05) is 0 Å². The maximum absolute atomic E-state index is 9.71. The molecule has 0 aliphatic rings. The van der Waals surface area contributed by atoms with Gasteiger partial charge in [0.1, 0.15) is 11.6 Å². The number of phenols is 1. The van der Waals surface area contributed by atoms with Crippen LogP contribution in [-0.2, 0) is 6.42 Å². The van der Waals surface area contributed by atoms with Crippen molar-refractivity contribution in [3.05, 3.63) is 36.6 Å². The second kappa shape index (κ2) is 6.75. The van der Waals surface area contributed by atoms with Gasteiger partial charge >= 0.3 is 0 Å². The van der Waals surface area contributed by atoms with E-state index in [9.17, 15) is 5.11 Å². The lowest BCUT2D eigenvalue weighted by Gasteiger charge is -2.08. The molecule has 0 bridgehead atoms. The van der Waals surface area contributed by atoms with Crippen LogP contribution in [0.25, 0.3) is 0 Å². The quantitative estimate of drug-likeness (QED) is 0.547. The molecule has 1 aromatic carbocycles. The topological polar surface area (TPSA) is 98.0 Å². The lowest BCUT2D eigenvalue weighted by atomic mass is 10.1. The maximum Gasteiger partial charge on any atom is 0.221 e. The first-order valence-corrected chi connectivity index (χ1v) is 7.17. The molecule has 1 heterocycles. The average Bonchev–Trinajstić information content (AvgIpc) is 2.29. The number of nitrogens with two attached hydrogens (primary N) is 2. The van der Waals surface area contributed by atoms with Crippen molar-refractivity contribution in [3.8, 4) is 5.75 Å². The number of aromatic hydroxyl groups is 1. The smallest absolute Gasteiger partial charge is 0.221 e. The third-order valence-corrected chi connectivity index (χ3v) is 4.03. The number of halogens is 3. The van der Waals surface area contributed by atoms with Crippen molar-refractivity contribution in [2.24, 2.45) is 0 Å². The van der Waals surface area contributed by atoms with E-state index in [1.165, 1.54) is 0 Å². The Labute approximate surface area is 143 Å². The monoisotopic (exact) mass is 504 g/mol. The van der Waals surface area contributed by atoms with E-state index in [1.54, 1.807) is 6.20 Å². The number of hydrogen-bond acceptors (Lipinski definition) is 5. The highest BCUT2D eigenvalue weighted by molar-refractivity contribution is 14.1. The lowest BCUT2D eigenvalue weighted by molar-refractivity contribution is 0.467. The van der Waals surface area contributed by atoms with Crippen molar-refractivity contribution in [2.45, 2.75) is 6.42 Å². The van der Waals surface area contributed by atoms with Gasteiger partial charge in [0.05, 0.1) is 7.14 Å². The molecule has 0 unspecified atom stereocenters. The van der Waals surface area contributed by atoms with Gasteiger partial charge in [0.25, 0.3) is 0 Å². The SMILES string of the molecule is Cl.Nc1ncc(Cc2cc(I)c(O)c(I)c2)c(N)n1. The van der Waals surface area contributed by atoms with E-state index in [4.69, 9.17) is 11.5 Å². The third-order valence-electron chi connectivity index (χ3n) is 2.39. The molecule has 2 aromatic rings. The first kappa shape index (κ1) is 16.5. The second-order valence-electron chi connectivity index (χ2n) is 3.72. The van der Waals surface area contributed by atoms with Gasteiger partial charge in [0.15, 0.2) is 0 Å². The molecule has 5 nitrogen and oxygen atoms in total. The predicted octanol–water partition coefficient (Wildman–Crippen LogP) is 2.57. The molecule has 0 fully saturated rings. The minimum absolute atomic E-state index is 0. The van der Waals surface area contributed by atoms with Crippen LogP contribution in [0.15, 0.2) is 18.3 Å². The Balaban J connectivity index is 0.00000180. The molecule has 0 atom stereocenters. The number of hydrogen-bond donors (Lipinski definition) is 3. The molecule has 0 amide bonds. The number of benzene rings is 1. The van der Waals surface area contributed by atoms with Gasteiger partial charge in [0, 0.05) is 18.2 Å². The molecule has 0 saturated carbocycles. The average molecular weight is 504 g/mol. The van der Waals surface area contributed by atoms with Gasteiger partial charge in [-0.2, -0.15) is 4.98 Å². The van der Waals surface area contributed by atoms with Crippen LogP contribution < -0.4 is 11.5 Å². The van der Waals surface area contributed by atoms with Crippen molar-refractivity contribution in [1.29, 1.82) is 0 Å². The van der Waals surface area contributed by atoms with Crippen molar-refractivity contribution in [1.82, 2.24) is 9.97 Å². The van der Waals surface area contributed by atoms with Gasteiger partial charge < -0.3 is 16.6 Å². The minimum Gasteiger partial charge on any atom is -0.506 e. The number of nitrogens with zero attached hydrogens (tertiary/aromatic N) is 2. The summed E-state index contributed by atoms with van der Waals surface area (Å²) in [5, 5.41) is 9.71. The molecule has 8 heteroatoms. The summed E-state index contributed by atoms with van der Waals surface area (Å²) in [6, 6.07) is 3.82. The Morgan fingerprint density at radius 2 is 1.74 bits per heavy atom. The van der Waals surface area contributed by atoms with Crippen LogP contribution in [0.3, 0.4) is 0 Å². The van der Waals surface area contributed by atoms with Crippen molar-refractivity contribution in [3.63, 3.8) is 0 Å². The highest BCUT2D eigenvalue weighted by Crippen LogP contribution is 2.28. The van der Waals surface area contributed by atoms with E-state index in [0.717, 1.165) is 18.3 Å². The van der Waals surface area contributed by atoms with Crippen LogP contribution in [0.4, 0.5) is 11.8 Å². The van der Waals surface area contributed by atoms with Gasteiger partial charge in [-0.25, -0.2) is 4.98 Å². The van der Waals surface area contributed by atoms with Gasteiger partial charge in [-0.15, -0.1) is 12.4 Å². The zero-order valence-corrected chi connectivity index (χ0v) is 14.7. The fourth-order valence-corrected chi connectivity index (χ4v) is 3.41. The molecule has 1 aromatic heterocycles. The summed E-state index contributed by atoms with van der Waals surface area (Å²) in [7, 11) is 0. The zero-order valence-electron chi connectivity index (χ0n) is 9.60. The molecule has 0 aliphatic heterocycles. The molecule has 2 rings (SSSR count). The summed E-state index contributed by atoms with van der Waals surface area (Å²) >= 11 is 4.19. The van der Waals surface area contributed by atoms with E-state index < -0.39 is 0 Å². The van der Waals surface area contributed by atoms with E-state index in [0.29, 0.717) is 18.0 Å². The Hall–Kier alpha value is -0.550. The Morgan fingerprint density at radius 3 is 2.26 bits per heavy atom. The van der Waals surface area contributed by atoms with Crippen LogP contribution in [0.1, 0.15) is 11.1 Å². The predicted molar refractivity (Wildman–Crippen MR) is 94.5 cm³/mol. The summed E-state index contributed by atoms with van der Waals surface area (Å²) in [4.78, 5) is 7.86. The normalized spacial score (nSPS) is 10.0. The maximum atomic E-state index is 9.71. The second-order valence-corrected chi connectivity index (χ2v) is 6.05. The summed E-state index contributed by atoms with van der Waals surface area (Å²) in [5.41, 5.74) is 13.1. The van der Waals surface area contributed by atoms with E-state index in [1.807, 2.05) is 12.1 Å². The molecule has 5 N–H and O–H groups in total. The van der Waals surface area contributed by atoms with Gasteiger partial charge in [-0.05, 0) is 62.9 Å². The number of rotatable bonds is 2. The first-order chi connectivity index (χ1) is 8.47. The van der Waals surface area contributed by atoms with Crippen molar-refractivity contribution in [2.75, 3.05) is 11.5 Å². The molecule has 0 radical (unpaired) electrons. The van der Waals surface area contributed by atoms with Crippen molar-refractivity contribution < 1.29 is 5.11 Å². The largest absolute Gasteiger partial charge is 0.506 e. The molecule has 0 spiro atoms. The molecular formula is C11H11ClI2N4O. The number of nitrogen functional groups attached to an aromatic ring is 2. The molecule has 102 valence electrons. The molecule has 19 heavy (non-hydrogen) atoms. The Morgan fingerprint density at radius 1 is 1.16 bits per heavy atom. The van der Waals surface area contributed by atoms with Crippen LogP contribution in [-0.4, -0.2) is 15.1 Å². The molecule has 0 aliphatic carbocycles. The summed E-state index contributed by atoms with van der Waals surface area (Å²) < 4.78 is 1.62. The third kappa shape index (κ3) is 3.96. The van der Waals surface area contributed by atoms with Gasteiger partial charge in [-0.3, -0.25) is 0 Å². The number of aromatic nitrogens is 2. The van der Waals surface area contributed by atoms with Crippen LogP contribution in [0.2, 0.25) is 0 Å². The summed E-state index contributed by atoms with van der Waals surface area (Å²) in [6.07, 6.45) is 2.24.